The third-order valence-electron chi connectivity index (χ3n) is 3.55. The van der Waals surface area contributed by atoms with Gasteiger partial charge in [-0.25, -0.2) is 0 Å². The van der Waals surface area contributed by atoms with E-state index in [1.165, 1.54) is 14.7 Å². The maximum atomic E-state index is 11.4. The highest BCUT2D eigenvalue weighted by Crippen LogP contribution is 2.37. The lowest BCUT2D eigenvalue weighted by atomic mass is 9.97. The molecule has 1 atom stereocenters. The first-order chi connectivity index (χ1) is 10.0. The van der Waals surface area contributed by atoms with Crippen molar-refractivity contribution >= 4 is 61.7 Å². The van der Waals surface area contributed by atoms with Crippen molar-refractivity contribution in [1.82, 2.24) is 0 Å². The van der Waals surface area contributed by atoms with Gasteiger partial charge in [-0.05, 0) is 70.0 Å². The Morgan fingerprint density at radius 2 is 2.00 bits per heavy atom. The van der Waals surface area contributed by atoms with Crippen LogP contribution in [0.15, 0.2) is 36.4 Å². The molecule has 1 amide bonds. The number of nitrogens with one attached hydrogen (secondary N) is 1. The Morgan fingerprint density at radius 1 is 1.19 bits per heavy atom. The van der Waals surface area contributed by atoms with E-state index in [2.05, 4.69) is 49.9 Å². The average molecular weight is 477 g/mol. The molecule has 0 aliphatic carbocycles. The normalized spacial score (nSPS) is 15.3. The highest BCUT2D eigenvalue weighted by Gasteiger charge is 2.19. The maximum absolute atomic E-state index is 11.4. The molecule has 0 fully saturated rings. The van der Waals surface area contributed by atoms with Crippen molar-refractivity contribution in [1.29, 1.82) is 0 Å². The standard InChI is InChI=1S/C16H12BrClINO/c17-16(12-8-11(18)3-4-13(12)19)10-1-5-14-9(7-10)2-6-15(21)20-14/h1,3-5,7-8,16H,2,6H2,(H,20,21). The van der Waals surface area contributed by atoms with Crippen LogP contribution in [0.1, 0.15) is 27.9 Å². The Kier molecular flexibility index (Phi) is 4.57. The SMILES string of the molecule is O=C1CCc2cc(C(Br)c3cc(Cl)ccc3I)ccc2N1. The van der Waals surface area contributed by atoms with Crippen LogP contribution in [0.4, 0.5) is 5.69 Å². The van der Waals surface area contributed by atoms with Crippen molar-refractivity contribution in [2.24, 2.45) is 0 Å². The van der Waals surface area contributed by atoms with Crippen molar-refractivity contribution in [3.63, 3.8) is 0 Å². The van der Waals surface area contributed by atoms with Gasteiger partial charge in [-0.1, -0.05) is 39.7 Å². The third kappa shape index (κ3) is 3.27. The first kappa shape index (κ1) is 15.3. The number of anilines is 1. The molecule has 2 aromatic carbocycles. The second kappa shape index (κ2) is 6.26. The second-order valence-corrected chi connectivity index (χ2v) is 7.51. The summed E-state index contributed by atoms with van der Waals surface area (Å²) in [7, 11) is 0. The van der Waals surface area contributed by atoms with Crippen molar-refractivity contribution in [2.45, 2.75) is 17.7 Å². The fourth-order valence-corrected chi connectivity index (χ4v) is 4.37. The molecule has 1 aliphatic rings. The monoisotopic (exact) mass is 475 g/mol. The topological polar surface area (TPSA) is 29.1 Å². The molecule has 5 heteroatoms. The van der Waals surface area contributed by atoms with E-state index in [0.717, 1.165) is 22.7 Å². The molecule has 3 rings (SSSR count). The summed E-state index contributed by atoms with van der Waals surface area (Å²) in [5.41, 5.74) is 4.44. The highest BCUT2D eigenvalue weighted by atomic mass is 127. The lowest BCUT2D eigenvalue weighted by Crippen LogP contribution is -2.19. The van der Waals surface area contributed by atoms with Gasteiger partial charge in [0, 0.05) is 20.7 Å². The van der Waals surface area contributed by atoms with Gasteiger partial charge in [0.25, 0.3) is 0 Å². The molecule has 1 heterocycles. The van der Waals surface area contributed by atoms with E-state index < -0.39 is 0 Å². The Bertz CT molecular complexity index is 719. The Morgan fingerprint density at radius 3 is 2.81 bits per heavy atom. The summed E-state index contributed by atoms with van der Waals surface area (Å²) in [6.07, 6.45) is 1.35. The molecule has 2 nitrogen and oxygen atoms in total. The third-order valence-corrected chi connectivity index (χ3v) is 5.79. The van der Waals surface area contributed by atoms with Gasteiger partial charge in [-0.3, -0.25) is 4.79 Å². The molecule has 0 aromatic heterocycles. The van der Waals surface area contributed by atoms with Crippen LogP contribution in [0.3, 0.4) is 0 Å². The zero-order valence-corrected chi connectivity index (χ0v) is 15.5. The van der Waals surface area contributed by atoms with Crippen molar-refractivity contribution < 1.29 is 4.79 Å². The van der Waals surface area contributed by atoms with Crippen LogP contribution in [-0.2, 0) is 11.2 Å². The maximum Gasteiger partial charge on any atom is 0.224 e. The van der Waals surface area contributed by atoms with Crippen LogP contribution < -0.4 is 5.32 Å². The molecule has 0 radical (unpaired) electrons. The van der Waals surface area contributed by atoms with Crippen molar-refractivity contribution in [3.8, 4) is 0 Å². The van der Waals surface area contributed by atoms with Crippen LogP contribution in [0.5, 0.6) is 0 Å². The van der Waals surface area contributed by atoms with E-state index in [9.17, 15) is 4.79 Å². The highest BCUT2D eigenvalue weighted by molar-refractivity contribution is 14.1. The van der Waals surface area contributed by atoms with E-state index >= 15 is 0 Å². The smallest absolute Gasteiger partial charge is 0.224 e. The van der Waals surface area contributed by atoms with Crippen LogP contribution >= 0.6 is 50.1 Å². The van der Waals surface area contributed by atoms with E-state index in [0.29, 0.717) is 6.42 Å². The molecule has 1 unspecified atom stereocenters. The van der Waals surface area contributed by atoms with Gasteiger partial charge in [0.05, 0.1) is 4.83 Å². The van der Waals surface area contributed by atoms with Crippen molar-refractivity contribution in [2.75, 3.05) is 5.32 Å². The number of hydrogen-bond acceptors (Lipinski definition) is 1. The molecule has 2 aromatic rings. The predicted molar refractivity (Wildman–Crippen MR) is 98.3 cm³/mol. The number of fused-ring (bicyclic) bond motifs is 1. The predicted octanol–water partition coefficient (Wildman–Crippen LogP) is 5.31. The first-order valence-corrected chi connectivity index (χ1v) is 8.93. The summed E-state index contributed by atoms with van der Waals surface area (Å²) in [5.74, 6) is 0.0926. The van der Waals surface area contributed by atoms with Crippen molar-refractivity contribution in [3.05, 3.63) is 61.7 Å². The number of benzene rings is 2. The molecular formula is C16H12BrClINO. The number of amides is 1. The molecule has 0 spiro atoms. The van der Waals surface area contributed by atoms with Gasteiger partial charge in [0.1, 0.15) is 0 Å². The summed E-state index contributed by atoms with van der Waals surface area (Å²) >= 11 is 12.2. The minimum absolute atomic E-state index is 0.0889. The number of carbonyl (C=O) groups is 1. The average Bonchev–Trinajstić information content (AvgIpc) is 2.48. The Hall–Kier alpha value is -0.590. The molecule has 0 saturated heterocycles. The summed E-state index contributed by atoms with van der Waals surface area (Å²) in [6, 6.07) is 12.1. The Labute approximate surface area is 150 Å². The molecule has 21 heavy (non-hydrogen) atoms. The minimum Gasteiger partial charge on any atom is -0.326 e. The summed E-state index contributed by atoms with van der Waals surface area (Å²) < 4.78 is 1.17. The zero-order valence-electron chi connectivity index (χ0n) is 11.0. The van der Waals surface area contributed by atoms with Gasteiger partial charge in [0.15, 0.2) is 0 Å². The molecule has 108 valence electrons. The van der Waals surface area contributed by atoms with E-state index in [-0.39, 0.29) is 10.7 Å². The van der Waals surface area contributed by atoms with E-state index in [4.69, 9.17) is 11.6 Å². The second-order valence-electron chi connectivity index (χ2n) is 4.99. The van der Waals surface area contributed by atoms with Gasteiger partial charge in [-0.15, -0.1) is 0 Å². The quantitative estimate of drug-likeness (QED) is 0.462. The number of halogens is 3. The van der Waals surface area contributed by atoms with Gasteiger partial charge >= 0.3 is 0 Å². The summed E-state index contributed by atoms with van der Waals surface area (Å²) in [4.78, 5) is 11.5. The van der Waals surface area contributed by atoms with E-state index in [1.54, 1.807) is 0 Å². The minimum atomic E-state index is 0.0889. The van der Waals surface area contributed by atoms with E-state index in [1.807, 2.05) is 30.3 Å². The summed E-state index contributed by atoms with van der Waals surface area (Å²) in [6.45, 7) is 0. The Balaban J connectivity index is 1.97. The van der Waals surface area contributed by atoms with Gasteiger partial charge in [-0.2, -0.15) is 0 Å². The number of carbonyl (C=O) groups excluding carboxylic acids is 1. The number of rotatable bonds is 2. The van der Waals surface area contributed by atoms with Gasteiger partial charge in [0.2, 0.25) is 5.91 Å². The molecule has 0 bridgehead atoms. The lowest BCUT2D eigenvalue weighted by molar-refractivity contribution is -0.116. The fourth-order valence-electron chi connectivity index (χ4n) is 2.45. The first-order valence-electron chi connectivity index (χ1n) is 6.56. The van der Waals surface area contributed by atoms with Crippen LogP contribution in [-0.4, -0.2) is 5.91 Å². The van der Waals surface area contributed by atoms with Crippen LogP contribution in [0, 0.1) is 3.57 Å². The largest absolute Gasteiger partial charge is 0.326 e. The van der Waals surface area contributed by atoms with Gasteiger partial charge < -0.3 is 5.32 Å². The molecule has 1 N–H and O–H groups in total. The molecular weight excluding hydrogens is 464 g/mol. The summed E-state index contributed by atoms with van der Waals surface area (Å²) in [5, 5.41) is 3.65. The molecule has 0 saturated carbocycles. The molecule has 1 aliphatic heterocycles. The number of hydrogen-bond donors (Lipinski definition) is 1. The number of aryl methyl sites for hydroxylation is 1. The fraction of sp³-hybridized carbons (Fsp3) is 0.188. The van der Waals surface area contributed by atoms with Crippen LogP contribution in [0.2, 0.25) is 5.02 Å². The number of alkyl halides is 1. The lowest BCUT2D eigenvalue weighted by Gasteiger charge is -2.20. The van der Waals surface area contributed by atoms with Crippen LogP contribution in [0.25, 0.3) is 0 Å². The zero-order chi connectivity index (χ0) is 15.0.